The second-order valence-corrected chi connectivity index (χ2v) is 4.84. The Bertz CT molecular complexity index is 678. The van der Waals surface area contributed by atoms with E-state index in [-0.39, 0.29) is 0 Å². The average Bonchev–Trinajstić information content (AvgIpc) is 2.48. The van der Waals surface area contributed by atoms with Gasteiger partial charge in [0.25, 0.3) is 0 Å². The Labute approximate surface area is 113 Å². The Kier molecular flexibility index (Phi) is 3.30. The summed E-state index contributed by atoms with van der Waals surface area (Å²) in [6.45, 7) is 0.606. The van der Waals surface area contributed by atoms with Gasteiger partial charge in [0, 0.05) is 6.54 Å². The number of benzene rings is 3. The summed E-state index contributed by atoms with van der Waals surface area (Å²) in [5.41, 5.74) is 9.51. The highest BCUT2D eigenvalue weighted by atomic mass is 14.5. The van der Waals surface area contributed by atoms with Crippen molar-refractivity contribution in [1.29, 1.82) is 0 Å². The van der Waals surface area contributed by atoms with Crippen LogP contribution in [-0.2, 0) is 13.0 Å². The third kappa shape index (κ3) is 2.51. The van der Waals surface area contributed by atoms with Gasteiger partial charge >= 0.3 is 0 Å². The average molecular weight is 247 g/mol. The fraction of sp³-hybridized carbons (Fsp3) is 0.111. The Morgan fingerprint density at radius 1 is 0.684 bits per heavy atom. The molecule has 3 aromatic carbocycles. The van der Waals surface area contributed by atoms with E-state index in [1.165, 1.54) is 27.5 Å². The standard InChI is InChI=1S/C18H17N/c19-13-15-10-8-14(9-11-15)12-17-6-3-5-16-4-1-2-7-18(16)17/h1-11H,12-13,19H2. The maximum atomic E-state index is 5.63. The summed E-state index contributed by atoms with van der Waals surface area (Å²) in [5.74, 6) is 0. The zero-order valence-electron chi connectivity index (χ0n) is 10.8. The van der Waals surface area contributed by atoms with Crippen molar-refractivity contribution >= 4 is 10.8 Å². The Morgan fingerprint density at radius 3 is 2.16 bits per heavy atom. The first-order valence-electron chi connectivity index (χ1n) is 6.61. The first kappa shape index (κ1) is 11.9. The Morgan fingerprint density at radius 2 is 1.37 bits per heavy atom. The molecule has 0 aliphatic carbocycles. The van der Waals surface area contributed by atoms with Gasteiger partial charge in [0.05, 0.1) is 0 Å². The number of hydrogen-bond acceptors (Lipinski definition) is 1. The van der Waals surface area contributed by atoms with Gasteiger partial charge in [-0.05, 0) is 33.9 Å². The third-order valence-electron chi connectivity index (χ3n) is 3.53. The fourth-order valence-electron chi connectivity index (χ4n) is 2.46. The molecule has 0 amide bonds. The molecule has 94 valence electrons. The molecule has 0 fully saturated rings. The number of fused-ring (bicyclic) bond motifs is 1. The molecule has 3 rings (SSSR count). The highest BCUT2D eigenvalue weighted by Crippen LogP contribution is 2.21. The smallest absolute Gasteiger partial charge is 0.0178 e. The monoisotopic (exact) mass is 247 g/mol. The van der Waals surface area contributed by atoms with Gasteiger partial charge in [-0.1, -0.05) is 66.7 Å². The summed E-state index contributed by atoms with van der Waals surface area (Å²) in [5, 5.41) is 2.64. The van der Waals surface area contributed by atoms with Crippen molar-refractivity contribution in [3.8, 4) is 0 Å². The number of nitrogens with two attached hydrogens (primary N) is 1. The van der Waals surface area contributed by atoms with E-state index in [0.717, 1.165) is 6.42 Å². The van der Waals surface area contributed by atoms with Crippen LogP contribution in [0.4, 0.5) is 0 Å². The van der Waals surface area contributed by atoms with Crippen LogP contribution in [0, 0.1) is 0 Å². The molecule has 0 radical (unpaired) electrons. The second kappa shape index (κ2) is 5.25. The molecular weight excluding hydrogens is 230 g/mol. The lowest BCUT2D eigenvalue weighted by Gasteiger charge is -2.07. The van der Waals surface area contributed by atoms with Gasteiger partial charge in [-0.25, -0.2) is 0 Å². The number of hydrogen-bond donors (Lipinski definition) is 1. The summed E-state index contributed by atoms with van der Waals surface area (Å²) < 4.78 is 0. The van der Waals surface area contributed by atoms with Gasteiger partial charge in [0.15, 0.2) is 0 Å². The highest BCUT2D eigenvalue weighted by molar-refractivity contribution is 5.85. The molecule has 0 saturated carbocycles. The Hall–Kier alpha value is -2.12. The van der Waals surface area contributed by atoms with Crippen molar-refractivity contribution in [2.24, 2.45) is 5.73 Å². The van der Waals surface area contributed by atoms with E-state index in [1.54, 1.807) is 0 Å². The van der Waals surface area contributed by atoms with Gasteiger partial charge in [-0.3, -0.25) is 0 Å². The van der Waals surface area contributed by atoms with Crippen molar-refractivity contribution in [2.75, 3.05) is 0 Å². The normalized spacial score (nSPS) is 10.8. The van der Waals surface area contributed by atoms with Gasteiger partial charge < -0.3 is 5.73 Å². The lowest BCUT2D eigenvalue weighted by molar-refractivity contribution is 1.06. The maximum Gasteiger partial charge on any atom is 0.0178 e. The van der Waals surface area contributed by atoms with Crippen LogP contribution < -0.4 is 5.73 Å². The minimum Gasteiger partial charge on any atom is -0.326 e. The lowest BCUT2D eigenvalue weighted by atomic mass is 9.98. The second-order valence-electron chi connectivity index (χ2n) is 4.84. The molecule has 0 spiro atoms. The molecule has 0 saturated heterocycles. The quantitative estimate of drug-likeness (QED) is 0.746. The minimum atomic E-state index is 0.606. The summed E-state index contributed by atoms with van der Waals surface area (Å²) in [6.07, 6.45) is 0.964. The van der Waals surface area contributed by atoms with Crippen LogP contribution in [0.1, 0.15) is 16.7 Å². The number of rotatable bonds is 3. The fourth-order valence-corrected chi connectivity index (χ4v) is 2.46. The predicted molar refractivity (Wildman–Crippen MR) is 81.1 cm³/mol. The summed E-state index contributed by atoms with van der Waals surface area (Å²) in [7, 11) is 0. The molecule has 2 N–H and O–H groups in total. The molecule has 0 aromatic heterocycles. The van der Waals surface area contributed by atoms with Crippen LogP contribution in [0.5, 0.6) is 0 Å². The van der Waals surface area contributed by atoms with E-state index in [9.17, 15) is 0 Å². The minimum absolute atomic E-state index is 0.606. The van der Waals surface area contributed by atoms with Gasteiger partial charge in [0.1, 0.15) is 0 Å². The maximum absolute atomic E-state index is 5.63. The summed E-state index contributed by atoms with van der Waals surface area (Å²) in [6, 6.07) is 23.6. The largest absolute Gasteiger partial charge is 0.326 e. The van der Waals surface area contributed by atoms with Crippen molar-refractivity contribution in [3.05, 3.63) is 83.4 Å². The molecular formula is C18H17N. The zero-order valence-corrected chi connectivity index (χ0v) is 10.8. The topological polar surface area (TPSA) is 26.0 Å². The van der Waals surface area contributed by atoms with E-state index < -0.39 is 0 Å². The van der Waals surface area contributed by atoms with E-state index in [2.05, 4.69) is 66.7 Å². The van der Waals surface area contributed by atoms with Gasteiger partial charge in [0.2, 0.25) is 0 Å². The van der Waals surface area contributed by atoms with Crippen LogP contribution in [0.2, 0.25) is 0 Å². The van der Waals surface area contributed by atoms with Crippen LogP contribution >= 0.6 is 0 Å². The van der Waals surface area contributed by atoms with Crippen molar-refractivity contribution in [2.45, 2.75) is 13.0 Å². The highest BCUT2D eigenvalue weighted by Gasteiger charge is 2.01. The van der Waals surface area contributed by atoms with E-state index in [4.69, 9.17) is 5.73 Å². The van der Waals surface area contributed by atoms with E-state index in [0.29, 0.717) is 6.54 Å². The molecule has 1 nitrogen and oxygen atoms in total. The van der Waals surface area contributed by atoms with Crippen molar-refractivity contribution in [1.82, 2.24) is 0 Å². The molecule has 0 atom stereocenters. The molecule has 0 heterocycles. The third-order valence-corrected chi connectivity index (χ3v) is 3.53. The first-order chi connectivity index (χ1) is 9.36. The van der Waals surface area contributed by atoms with Crippen LogP contribution in [0.3, 0.4) is 0 Å². The molecule has 0 unspecified atom stereocenters. The molecule has 1 heteroatoms. The molecule has 19 heavy (non-hydrogen) atoms. The molecule has 0 aliphatic rings. The zero-order chi connectivity index (χ0) is 13.1. The predicted octanol–water partition coefficient (Wildman–Crippen LogP) is 3.89. The summed E-state index contributed by atoms with van der Waals surface area (Å²) >= 11 is 0. The first-order valence-corrected chi connectivity index (χ1v) is 6.61. The van der Waals surface area contributed by atoms with Gasteiger partial charge in [-0.15, -0.1) is 0 Å². The van der Waals surface area contributed by atoms with Crippen LogP contribution in [-0.4, -0.2) is 0 Å². The molecule has 0 bridgehead atoms. The molecule has 3 aromatic rings. The van der Waals surface area contributed by atoms with Crippen molar-refractivity contribution in [3.63, 3.8) is 0 Å². The SMILES string of the molecule is NCc1ccc(Cc2cccc3ccccc23)cc1. The van der Waals surface area contributed by atoms with E-state index >= 15 is 0 Å². The van der Waals surface area contributed by atoms with Crippen LogP contribution in [0.15, 0.2) is 66.7 Å². The Balaban J connectivity index is 1.96. The summed E-state index contributed by atoms with van der Waals surface area (Å²) in [4.78, 5) is 0. The molecule has 0 aliphatic heterocycles. The van der Waals surface area contributed by atoms with Crippen LogP contribution in [0.25, 0.3) is 10.8 Å². The van der Waals surface area contributed by atoms with E-state index in [1.807, 2.05) is 0 Å². The lowest BCUT2D eigenvalue weighted by Crippen LogP contribution is -1.96. The van der Waals surface area contributed by atoms with Gasteiger partial charge in [-0.2, -0.15) is 0 Å². The van der Waals surface area contributed by atoms with Crippen molar-refractivity contribution < 1.29 is 0 Å².